The highest BCUT2D eigenvalue weighted by atomic mass is 16.2. The number of hydrogen-bond acceptors (Lipinski definition) is 4. The van der Waals surface area contributed by atoms with E-state index < -0.39 is 0 Å². The van der Waals surface area contributed by atoms with Gasteiger partial charge in [0, 0.05) is 23.7 Å². The van der Waals surface area contributed by atoms with Crippen LogP contribution in [-0.2, 0) is 0 Å². The van der Waals surface area contributed by atoms with Crippen molar-refractivity contribution in [3.8, 4) is 0 Å². The third-order valence-electron chi connectivity index (χ3n) is 4.57. The highest BCUT2D eigenvalue weighted by Gasteiger charge is 2.36. The van der Waals surface area contributed by atoms with Gasteiger partial charge < -0.3 is 0 Å². The Morgan fingerprint density at radius 2 is 1.75 bits per heavy atom. The molecule has 122 valence electrons. The summed E-state index contributed by atoms with van der Waals surface area (Å²) in [6.45, 7) is 6.13. The molecule has 1 aromatic carbocycles. The van der Waals surface area contributed by atoms with Gasteiger partial charge >= 0.3 is 0 Å². The van der Waals surface area contributed by atoms with Crippen LogP contribution in [-0.4, -0.2) is 43.1 Å². The van der Waals surface area contributed by atoms with Gasteiger partial charge in [0.05, 0.1) is 11.1 Å². The third-order valence-corrected chi connectivity index (χ3v) is 4.57. The second kappa shape index (κ2) is 5.02. The van der Waals surface area contributed by atoms with Crippen LogP contribution in [0.5, 0.6) is 0 Å². The SMILES string of the molecule is Cc1[nH]n2nc(C(C)CN3C(=O)c4ccccc4C3=O)nc2c1C. The van der Waals surface area contributed by atoms with E-state index in [9.17, 15) is 9.59 Å². The average molecular weight is 323 g/mol. The molecule has 1 atom stereocenters. The first-order valence-electron chi connectivity index (χ1n) is 7.84. The molecule has 0 saturated heterocycles. The Hall–Kier alpha value is -2.96. The summed E-state index contributed by atoms with van der Waals surface area (Å²) in [5, 5.41) is 7.56. The molecule has 1 aliphatic rings. The maximum absolute atomic E-state index is 12.4. The molecule has 0 bridgehead atoms. The fraction of sp³-hybridized carbons (Fsp3) is 0.294. The fourth-order valence-electron chi connectivity index (χ4n) is 3.03. The minimum Gasteiger partial charge on any atom is -0.280 e. The van der Waals surface area contributed by atoms with Crippen molar-refractivity contribution in [1.29, 1.82) is 0 Å². The highest BCUT2D eigenvalue weighted by Crippen LogP contribution is 2.25. The summed E-state index contributed by atoms with van der Waals surface area (Å²) >= 11 is 0. The lowest BCUT2D eigenvalue weighted by molar-refractivity contribution is 0.0645. The zero-order valence-electron chi connectivity index (χ0n) is 13.7. The van der Waals surface area contributed by atoms with E-state index >= 15 is 0 Å². The number of carbonyl (C=O) groups is 2. The molecular formula is C17H17N5O2. The minimum absolute atomic E-state index is 0.153. The van der Waals surface area contributed by atoms with E-state index in [1.807, 2.05) is 20.8 Å². The molecule has 7 heteroatoms. The van der Waals surface area contributed by atoms with Crippen molar-refractivity contribution >= 4 is 17.5 Å². The van der Waals surface area contributed by atoms with Gasteiger partial charge in [-0.05, 0) is 26.0 Å². The summed E-state index contributed by atoms with van der Waals surface area (Å²) in [7, 11) is 0. The zero-order chi connectivity index (χ0) is 17.0. The largest absolute Gasteiger partial charge is 0.280 e. The molecule has 4 rings (SSSR count). The van der Waals surface area contributed by atoms with E-state index in [1.54, 1.807) is 28.9 Å². The van der Waals surface area contributed by atoms with Crippen LogP contribution in [0.2, 0.25) is 0 Å². The first-order valence-corrected chi connectivity index (χ1v) is 7.84. The molecule has 2 aromatic heterocycles. The smallest absolute Gasteiger partial charge is 0.261 e. The third kappa shape index (κ3) is 1.97. The molecule has 0 fully saturated rings. The van der Waals surface area contributed by atoms with Gasteiger partial charge in [0.15, 0.2) is 11.5 Å². The van der Waals surface area contributed by atoms with Crippen molar-refractivity contribution in [3.05, 3.63) is 52.5 Å². The van der Waals surface area contributed by atoms with Crippen LogP contribution in [0.4, 0.5) is 0 Å². The van der Waals surface area contributed by atoms with E-state index in [4.69, 9.17) is 0 Å². The molecule has 3 aromatic rings. The number of aryl methyl sites for hydroxylation is 2. The topological polar surface area (TPSA) is 83.4 Å². The quantitative estimate of drug-likeness (QED) is 0.748. The number of carbonyl (C=O) groups excluding carboxylic acids is 2. The van der Waals surface area contributed by atoms with Crippen LogP contribution in [0.25, 0.3) is 5.65 Å². The molecule has 2 amide bonds. The van der Waals surface area contributed by atoms with Crippen LogP contribution in [0, 0.1) is 13.8 Å². The van der Waals surface area contributed by atoms with Gasteiger partial charge in [0.25, 0.3) is 11.8 Å². The van der Waals surface area contributed by atoms with Crippen LogP contribution in [0.15, 0.2) is 24.3 Å². The number of fused-ring (bicyclic) bond motifs is 2. The molecule has 0 radical (unpaired) electrons. The number of aromatic amines is 1. The number of benzene rings is 1. The number of hydrogen-bond donors (Lipinski definition) is 1. The number of nitrogens with one attached hydrogen (secondary N) is 1. The van der Waals surface area contributed by atoms with Crippen LogP contribution in [0.1, 0.15) is 50.6 Å². The molecule has 0 saturated carbocycles. The van der Waals surface area contributed by atoms with Crippen molar-refractivity contribution in [2.45, 2.75) is 26.7 Å². The lowest BCUT2D eigenvalue weighted by Gasteiger charge is -2.17. The molecule has 0 spiro atoms. The Morgan fingerprint density at radius 3 is 2.33 bits per heavy atom. The van der Waals surface area contributed by atoms with Crippen LogP contribution in [0.3, 0.4) is 0 Å². The molecule has 1 aliphatic heterocycles. The molecule has 1 unspecified atom stereocenters. The van der Waals surface area contributed by atoms with Gasteiger partial charge in [-0.15, -0.1) is 5.10 Å². The highest BCUT2D eigenvalue weighted by molar-refractivity contribution is 6.21. The summed E-state index contributed by atoms with van der Waals surface area (Å²) in [5.74, 6) is -0.0420. The van der Waals surface area contributed by atoms with Gasteiger partial charge in [-0.25, -0.2) is 4.98 Å². The number of rotatable bonds is 3. The predicted octanol–water partition coefficient (Wildman–Crippen LogP) is 2.07. The predicted molar refractivity (Wildman–Crippen MR) is 87.0 cm³/mol. The van der Waals surface area contributed by atoms with Crippen molar-refractivity contribution in [3.63, 3.8) is 0 Å². The Labute approximate surface area is 138 Å². The maximum atomic E-state index is 12.4. The summed E-state index contributed by atoms with van der Waals surface area (Å²) < 4.78 is 1.64. The Kier molecular flexibility index (Phi) is 3.06. The van der Waals surface area contributed by atoms with Gasteiger partial charge in [-0.1, -0.05) is 19.1 Å². The molecule has 24 heavy (non-hydrogen) atoms. The average Bonchev–Trinajstić information content (AvgIpc) is 3.18. The lowest BCUT2D eigenvalue weighted by atomic mass is 10.1. The number of amides is 2. The van der Waals surface area contributed by atoms with Gasteiger partial charge in [-0.2, -0.15) is 4.63 Å². The molecule has 3 heterocycles. The van der Waals surface area contributed by atoms with E-state index in [0.29, 0.717) is 17.0 Å². The van der Waals surface area contributed by atoms with Gasteiger partial charge in [0.1, 0.15) is 0 Å². The van der Waals surface area contributed by atoms with E-state index in [1.165, 1.54) is 4.90 Å². The van der Waals surface area contributed by atoms with E-state index in [2.05, 4.69) is 15.2 Å². The zero-order valence-corrected chi connectivity index (χ0v) is 13.7. The molecule has 1 N–H and O–H groups in total. The first-order chi connectivity index (χ1) is 11.5. The maximum Gasteiger partial charge on any atom is 0.261 e. The van der Waals surface area contributed by atoms with Crippen molar-refractivity contribution in [2.24, 2.45) is 0 Å². The van der Waals surface area contributed by atoms with Crippen molar-refractivity contribution in [1.82, 2.24) is 24.7 Å². The monoisotopic (exact) mass is 323 g/mol. The Balaban J connectivity index is 1.61. The second-order valence-corrected chi connectivity index (χ2v) is 6.23. The van der Waals surface area contributed by atoms with Crippen molar-refractivity contribution < 1.29 is 9.59 Å². The lowest BCUT2D eigenvalue weighted by Crippen LogP contribution is -2.33. The molecular weight excluding hydrogens is 306 g/mol. The van der Waals surface area contributed by atoms with Crippen LogP contribution < -0.4 is 0 Å². The van der Waals surface area contributed by atoms with E-state index in [0.717, 1.165) is 16.9 Å². The van der Waals surface area contributed by atoms with Gasteiger partial charge in [-0.3, -0.25) is 19.6 Å². The summed E-state index contributed by atoms with van der Waals surface area (Å²) in [4.78, 5) is 30.7. The number of nitrogens with zero attached hydrogens (tertiary/aromatic N) is 4. The minimum atomic E-state index is -0.251. The fourth-order valence-corrected chi connectivity index (χ4v) is 3.03. The normalized spacial score (nSPS) is 15.4. The Morgan fingerprint density at radius 1 is 1.12 bits per heavy atom. The van der Waals surface area contributed by atoms with Crippen LogP contribution >= 0.6 is 0 Å². The van der Waals surface area contributed by atoms with E-state index in [-0.39, 0.29) is 24.3 Å². The summed E-state index contributed by atoms with van der Waals surface area (Å²) in [5.41, 5.74) is 3.76. The standard InChI is InChI=1S/C17H17N5O2/c1-9(14-18-15-10(2)11(3)19-22(15)20-14)8-21-16(23)12-6-4-5-7-13(12)17(21)24/h4-7,9,19H,8H2,1-3H3. The first kappa shape index (κ1) is 14.6. The van der Waals surface area contributed by atoms with Gasteiger partial charge in [0.2, 0.25) is 0 Å². The number of aromatic nitrogens is 4. The molecule has 0 aliphatic carbocycles. The molecule has 7 nitrogen and oxygen atoms in total. The number of H-pyrrole nitrogens is 1. The summed E-state index contributed by atoms with van der Waals surface area (Å²) in [6, 6.07) is 6.90. The Bertz CT molecular complexity index is 949. The summed E-state index contributed by atoms with van der Waals surface area (Å²) in [6.07, 6.45) is 0. The van der Waals surface area contributed by atoms with Crippen molar-refractivity contribution in [2.75, 3.05) is 6.54 Å². The second-order valence-electron chi connectivity index (χ2n) is 6.23. The number of imide groups is 1.